The first-order valence-electron chi connectivity index (χ1n) is 9.82. The van der Waals surface area contributed by atoms with Crippen molar-refractivity contribution in [2.45, 2.75) is 42.2 Å². The van der Waals surface area contributed by atoms with Crippen LogP contribution in [0.3, 0.4) is 0 Å². The van der Waals surface area contributed by atoms with Gasteiger partial charge in [0.15, 0.2) is 0 Å². The standard InChI is InChI=1S/C17H22F13NO4/c18-12(19,13(20,21)14(22,23)15(24,25)16(26,27)17(28,29)30)1-2-31-3-4-32-5-6-33-7-8-34-9-10-35-11-31/h1-11H2. The number of hydrogen-bond donors (Lipinski definition) is 0. The van der Waals surface area contributed by atoms with E-state index in [0.29, 0.717) is 0 Å². The lowest BCUT2D eigenvalue weighted by Gasteiger charge is -2.40. The maximum atomic E-state index is 14.0. The lowest BCUT2D eigenvalue weighted by atomic mass is 9.92. The van der Waals surface area contributed by atoms with Crippen LogP contribution in [0.15, 0.2) is 0 Å². The van der Waals surface area contributed by atoms with Gasteiger partial charge in [-0.05, 0) is 0 Å². The molecule has 1 saturated heterocycles. The molecule has 0 aliphatic carbocycles. The molecule has 0 atom stereocenters. The first kappa shape index (κ1) is 31.9. The third-order valence-corrected chi connectivity index (χ3v) is 4.68. The van der Waals surface area contributed by atoms with Crippen LogP contribution >= 0.6 is 0 Å². The van der Waals surface area contributed by atoms with Crippen molar-refractivity contribution in [3.8, 4) is 0 Å². The lowest BCUT2D eigenvalue weighted by molar-refractivity contribution is -0.440. The Balaban J connectivity index is 2.97. The van der Waals surface area contributed by atoms with E-state index in [2.05, 4.69) is 0 Å². The highest BCUT2D eigenvalue weighted by Gasteiger charge is 2.90. The molecule has 0 aromatic carbocycles. The number of halogens is 13. The predicted molar refractivity (Wildman–Crippen MR) is 90.3 cm³/mol. The molecule has 0 saturated carbocycles. The molecule has 0 radical (unpaired) electrons. The van der Waals surface area contributed by atoms with E-state index in [9.17, 15) is 57.1 Å². The fourth-order valence-corrected chi connectivity index (χ4v) is 2.55. The quantitative estimate of drug-likeness (QED) is 0.438. The van der Waals surface area contributed by atoms with Crippen molar-refractivity contribution in [1.29, 1.82) is 0 Å². The molecule has 0 aromatic rings. The van der Waals surface area contributed by atoms with Crippen molar-refractivity contribution in [2.75, 3.05) is 66.1 Å². The van der Waals surface area contributed by atoms with Gasteiger partial charge in [0, 0.05) is 19.5 Å². The van der Waals surface area contributed by atoms with Crippen LogP contribution in [0.25, 0.3) is 0 Å². The van der Waals surface area contributed by atoms with E-state index in [4.69, 9.17) is 18.9 Å². The molecule has 1 rings (SSSR count). The molecule has 210 valence electrons. The molecule has 18 heteroatoms. The molecule has 0 spiro atoms. The topological polar surface area (TPSA) is 40.2 Å². The van der Waals surface area contributed by atoms with E-state index in [1.165, 1.54) is 0 Å². The second-order valence-corrected chi connectivity index (χ2v) is 7.24. The molecule has 1 aliphatic heterocycles. The summed E-state index contributed by atoms with van der Waals surface area (Å²) < 4.78 is 192. The van der Waals surface area contributed by atoms with Crippen molar-refractivity contribution in [2.24, 2.45) is 0 Å². The zero-order chi connectivity index (χ0) is 27.2. The van der Waals surface area contributed by atoms with Gasteiger partial charge in [0.2, 0.25) is 0 Å². The second kappa shape index (κ2) is 12.0. The van der Waals surface area contributed by atoms with Gasteiger partial charge in [0.25, 0.3) is 0 Å². The highest BCUT2D eigenvalue weighted by Crippen LogP contribution is 2.60. The Morgan fingerprint density at radius 1 is 0.486 bits per heavy atom. The average Bonchev–Trinajstić information content (AvgIpc) is 2.72. The summed E-state index contributed by atoms with van der Waals surface area (Å²) in [5, 5.41) is 0. The Hall–Kier alpha value is -1.11. The molecule has 0 bridgehead atoms. The van der Waals surface area contributed by atoms with Gasteiger partial charge in [-0.25, -0.2) is 0 Å². The summed E-state index contributed by atoms with van der Waals surface area (Å²) in [5.74, 6) is -36.9. The van der Waals surface area contributed by atoms with Crippen molar-refractivity contribution >= 4 is 0 Å². The molecular formula is C17H22F13NO4. The zero-order valence-electron chi connectivity index (χ0n) is 17.8. The predicted octanol–water partition coefficient (Wildman–Crippen LogP) is 4.45. The van der Waals surface area contributed by atoms with Crippen LogP contribution < -0.4 is 0 Å². The van der Waals surface area contributed by atoms with Crippen LogP contribution in [0, 0.1) is 0 Å². The fraction of sp³-hybridized carbons (Fsp3) is 1.00. The Labute approximate surface area is 190 Å². The molecule has 0 unspecified atom stereocenters. The molecule has 35 heavy (non-hydrogen) atoms. The monoisotopic (exact) mass is 551 g/mol. The maximum Gasteiger partial charge on any atom is 0.460 e. The molecule has 5 nitrogen and oxygen atoms in total. The van der Waals surface area contributed by atoms with Gasteiger partial charge < -0.3 is 18.9 Å². The molecule has 1 heterocycles. The van der Waals surface area contributed by atoms with Crippen LogP contribution in [0.1, 0.15) is 6.42 Å². The van der Waals surface area contributed by atoms with E-state index >= 15 is 0 Å². The van der Waals surface area contributed by atoms with Gasteiger partial charge in [0.05, 0.1) is 53.0 Å². The van der Waals surface area contributed by atoms with Crippen LogP contribution in [0.5, 0.6) is 0 Å². The molecule has 0 amide bonds. The van der Waals surface area contributed by atoms with Crippen molar-refractivity contribution in [3.63, 3.8) is 0 Å². The van der Waals surface area contributed by atoms with Crippen LogP contribution in [0.2, 0.25) is 0 Å². The third-order valence-electron chi connectivity index (χ3n) is 4.68. The smallest absolute Gasteiger partial charge is 0.378 e. The minimum absolute atomic E-state index is 0.00332. The number of rotatable bonds is 7. The Bertz CT molecular complexity index is 632. The molecule has 0 aromatic heterocycles. The van der Waals surface area contributed by atoms with Gasteiger partial charge in [0.1, 0.15) is 0 Å². The number of nitrogens with zero attached hydrogens (tertiary/aromatic N) is 1. The largest absolute Gasteiger partial charge is 0.460 e. The number of ether oxygens (including phenoxy) is 4. The molecule has 0 N–H and O–H groups in total. The van der Waals surface area contributed by atoms with E-state index in [1.54, 1.807) is 0 Å². The summed E-state index contributed by atoms with van der Waals surface area (Å²) in [7, 11) is 0. The molecule has 1 aliphatic rings. The van der Waals surface area contributed by atoms with Crippen LogP contribution in [-0.2, 0) is 18.9 Å². The van der Waals surface area contributed by atoms with E-state index in [0.717, 1.165) is 4.90 Å². The van der Waals surface area contributed by atoms with Gasteiger partial charge in [-0.15, -0.1) is 0 Å². The summed E-state index contributed by atoms with van der Waals surface area (Å²) in [6.45, 7) is -1.97. The van der Waals surface area contributed by atoms with Gasteiger partial charge >= 0.3 is 35.8 Å². The summed E-state index contributed by atoms with van der Waals surface area (Å²) in [6, 6.07) is 0. The second-order valence-electron chi connectivity index (χ2n) is 7.24. The van der Waals surface area contributed by atoms with E-state index in [1.807, 2.05) is 0 Å². The highest BCUT2D eigenvalue weighted by atomic mass is 19.4. The van der Waals surface area contributed by atoms with Crippen molar-refractivity contribution in [1.82, 2.24) is 4.90 Å². The summed E-state index contributed by atoms with van der Waals surface area (Å²) in [4.78, 5) is 0.817. The first-order valence-corrected chi connectivity index (χ1v) is 9.82. The minimum atomic E-state index is -7.91. The minimum Gasteiger partial charge on any atom is -0.378 e. The average molecular weight is 551 g/mol. The molecule has 1 fully saturated rings. The fourth-order valence-electron chi connectivity index (χ4n) is 2.55. The summed E-state index contributed by atoms with van der Waals surface area (Å²) in [6.07, 6.45) is -9.76. The van der Waals surface area contributed by atoms with Gasteiger partial charge in [-0.3, -0.25) is 4.90 Å². The van der Waals surface area contributed by atoms with Crippen molar-refractivity contribution in [3.05, 3.63) is 0 Å². The van der Waals surface area contributed by atoms with Gasteiger partial charge in [-0.1, -0.05) is 0 Å². The van der Waals surface area contributed by atoms with E-state index < -0.39 is 55.5 Å². The number of alkyl halides is 13. The van der Waals surface area contributed by atoms with Gasteiger partial charge in [-0.2, -0.15) is 57.1 Å². The highest BCUT2D eigenvalue weighted by molar-refractivity contribution is 5.10. The SMILES string of the molecule is FC(F)(F)C(F)(F)C(F)(F)C(F)(F)C(F)(F)C(F)(F)CCN1CCOCCOCCOCCOC1. The first-order chi connectivity index (χ1) is 15.8. The zero-order valence-corrected chi connectivity index (χ0v) is 17.8. The van der Waals surface area contributed by atoms with Crippen LogP contribution in [-0.4, -0.2) is 107 Å². The third kappa shape index (κ3) is 7.23. The summed E-state index contributed by atoms with van der Waals surface area (Å²) >= 11 is 0. The maximum absolute atomic E-state index is 14.0. The summed E-state index contributed by atoms with van der Waals surface area (Å²) in [5.41, 5.74) is 0. The lowest BCUT2D eigenvalue weighted by Crippen LogP contribution is -2.70. The molecular weight excluding hydrogens is 529 g/mol. The van der Waals surface area contributed by atoms with Crippen molar-refractivity contribution < 1.29 is 76.0 Å². The van der Waals surface area contributed by atoms with E-state index in [-0.39, 0.29) is 52.8 Å². The Kier molecular flexibility index (Phi) is 10.9. The normalized spacial score (nSPS) is 20.5. The Morgan fingerprint density at radius 3 is 1.34 bits per heavy atom. The Morgan fingerprint density at radius 2 is 0.886 bits per heavy atom. The number of hydrogen-bond acceptors (Lipinski definition) is 5. The van der Waals surface area contributed by atoms with Crippen LogP contribution in [0.4, 0.5) is 57.1 Å².